The van der Waals surface area contributed by atoms with Crippen LogP contribution in [0.25, 0.3) is 0 Å². The Morgan fingerprint density at radius 1 is 1.83 bits per heavy atom. The van der Waals surface area contributed by atoms with Crippen LogP contribution in [0.15, 0.2) is 16.2 Å². The van der Waals surface area contributed by atoms with Gasteiger partial charge in [-0.15, -0.1) is 0 Å². The van der Waals surface area contributed by atoms with Gasteiger partial charge in [0, 0.05) is 12.9 Å². The molecule has 0 aromatic carbocycles. The molecule has 0 aliphatic heterocycles. The molecule has 0 aromatic rings. The quantitative estimate of drug-likeness (QED) is 0.411. The van der Waals surface area contributed by atoms with Crippen molar-refractivity contribution in [3.05, 3.63) is 6.20 Å². The molecule has 32 valence electrons. The van der Waals surface area contributed by atoms with E-state index in [-0.39, 0.29) is 0 Å². The molecule has 0 aliphatic carbocycles. The van der Waals surface area contributed by atoms with E-state index < -0.39 is 0 Å². The molecular weight excluding hydrogens is 76.1 g/mol. The van der Waals surface area contributed by atoms with Gasteiger partial charge in [-0.05, 0) is 6.72 Å². The molecule has 0 saturated heterocycles. The van der Waals surface area contributed by atoms with Gasteiger partial charge in [-0.25, -0.2) is 4.99 Å². The second kappa shape index (κ2) is 4.12. The highest BCUT2D eigenvalue weighted by atomic mass is 14.7. The Kier molecular flexibility index (Phi) is 3.52. The van der Waals surface area contributed by atoms with Gasteiger partial charge in [-0.1, -0.05) is 0 Å². The zero-order valence-corrected chi connectivity index (χ0v) is 3.68. The summed E-state index contributed by atoms with van der Waals surface area (Å²) < 4.78 is 0. The fraction of sp³-hybridized carbons (Fsp3) is 0.250. The van der Waals surface area contributed by atoms with Crippen LogP contribution in [-0.4, -0.2) is 19.6 Å². The van der Waals surface area contributed by atoms with Crippen LogP contribution in [0, 0.1) is 0 Å². The molecule has 0 N–H and O–H groups in total. The standard InChI is InChI=1S/C4H6N2/c1-5-3-4-6-2/h3H,1H2,2H3. The fourth-order valence-corrected chi connectivity index (χ4v) is 0.0986. The summed E-state index contributed by atoms with van der Waals surface area (Å²) in [6.07, 6.45) is 1.40. The van der Waals surface area contributed by atoms with E-state index in [1.54, 1.807) is 7.05 Å². The Labute approximate surface area is 36.9 Å². The SMILES string of the molecule is C=NC=C=NC. The summed E-state index contributed by atoms with van der Waals surface area (Å²) in [4.78, 5) is 6.83. The first-order valence-electron chi connectivity index (χ1n) is 1.53. The second-order valence-electron chi connectivity index (χ2n) is 0.664. The van der Waals surface area contributed by atoms with Gasteiger partial charge in [0.1, 0.15) is 0 Å². The molecule has 0 fully saturated rings. The van der Waals surface area contributed by atoms with Crippen LogP contribution in [0.2, 0.25) is 0 Å². The lowest BCUT2D eigenvalue weighted by Gasteiger charge is -1.55. The van der Waals surface area contributed by atoms with Crippen LogP contribution in [0.5, 0.6) is 0 Å². The highest BCUT2D eigenvalue weighted by Crippen LogP contribution is 1.53. The predicted octanol–water partition coefficient (Wildman–Crippen LogP) is 0.500. The number of rotatable bonds is 1. The molecule has 2 heteroatoms. The van der Waals surface area contributed by atoms with Crippen LogP contribution in [0.3, 0.4) is 0 Å². The summed E-state index contributed by atoms with van der Waals surface area (Å²) in [5, 5.41) is 0. The summed E-state index contributed by atoms with van der Waals surface area (Å²) in [6, 6.07) is 0. The number of aliphatic imine (C=N–C) groups is 2. The molecule has 0 aliphatic rings. The Balaban J connectivity index is 3.46. The largest absolute Gasteiger partial charge is 0.263 e. The number of hydrogen-bond acceptors (Lipinski definition) is 2. The van der Waals surface area contributed by atoms with E-state index in [0.717, 1.165) is 0 Å². The average Bonchev–Trinajstić information content (AvgIpc) is 1.61. The zero-order chi connectivity index (χ0) is 4.83. The van der Waals surface area contributed by atoms with Crippen molar-refractivity contribution < 1.29 is 0 Å². The van der Waals surface area contributed by atoms with Crippen LogP contribution in [0.1, 0.15) is 0 Å². The molecule has 0 radical (unpaired) electrons. The van der Waals surface area contributed by atoms with E-state index in [1.807, 2.05) is 0 Å². The third-order valence-corrected chi connectivity index (χ3v) is 0.278. The average molecular weight is 82.1 g/mol. The third kappa shape index (κ3) is 3.12. The summed E-state index contributed by atoms with van der Waals surface area (Å²) in [5.41, 5.74) is 0. The number of hydrogen-bond donors (Lipinski definition) is 0. The van der Waals surface area contributed by atoms with Gasteiger partial charge >= 0.3 is 0 Å². The molecular formula is C4H6N2. The highest BCUT2D eigenvalue weighted by molar-refractivity contribution is 5.52. The first kappa shape index (κ1) is 5.12. The minimum atomic E-state index is 1.40. The fourth-order valence-electron chi connectivity index (χ4n) is 0.0986. The van der Waals surface area contributed by atoms with Gasteiger partial charge in [-0.2, -0.15) is 0 Å². The normalized spacial score (nSPS) is 5.50. The lowest BCUT2D eigenvalue weighted by atomic mass is 11.0. The monoisotopic (exact) mass is 82.1 g/mol. The lowest BCUT2D eigenvalue weighted by Crippen LogP contribution is -1.47. The zero-order valence-electron chi connectivity index (χ0n) is 3.68. The molecule has 0 rings (SSSR count). The molecule has 0 heterocycles. The first-order chi connectivity index (χ1) is 2.91. The topological polar surface area (TPSA) is 24.7 Å². The van der Waals surface area contributed by atoms with Gasteiger partial charge in [-0.3, -0.25) is 4.99 Å². The molecule has 0 aromatic heterocycles. The minimum Gasteiger partial charge on any atom is -0.263 e. The van der Waals surface area contributed by atoms with Crippen molar-refractivity contribution in [2.24, 2.45) is 9.98 Å². The summed E-state index contributed by atoms with van der Waals surface area (Å²) in [7, 11) is 1.63. The molecule has 0 unspecified atom stereocenters. The van der Waals surface area contributed by atoms with E-state index in [1.165, 1.54) is 6.20 Å². The van der Waals surface area contributed by atoms with Gasteiger partial charge in [0.2, 0.25) is 0 Å². The number of nitrogens with zero attached hydrogens (tertiary/aromatic N) is 2. The van der Waals surface area contributed by atoms with Crippen LogP contribution >= 0.6 is 0 Å². The van der Waals surface area contributed by atoms with Crippen LogP contribution in [0.4, 0.5) is 0 Å². The van der Waals surface area contributed by atoms with Crippen molar-refractivity contribution in [2.45, 2.75) is 0 Å². The maximum absolute atomic E-state index is 3.49. The highest BCUT2D eigenvalue weighted by Gasteiger charge is 1.42. The summed E-state index contributed by atoms with van der Waals surface area (Å²) >= 11 is 0. The van der Waals surface area contributed by atoms with Crippen LogP contribution in [-0.2, 0) is 0 Å². The van der Waals surface area contributed by atoms with Crippen molar-refractivity contribution in [1.82, 2.24) is 0 Å². The van der Waals surface area contributed by atoms with Crippen molar-refractivity contribution in [2.75, 3.05) is 7.05 Å². The van der Waals surface area contributed by atoms with E-state index in [9.17, 15) is 0 Å². The Morgan fingerprint density at radius 2 is 2.50 bits per heavy atom. The molecule has 0 bridgehead atoms. The molecule has 0 amide bonds. The molecule has 2 nitrogen and oxygen atoms in total. The van der Waals surface area contributed by atoms with E-state index in [4.69, 9.17) is 0 Å². The van der Waals surface area contributed by atoms with Gasteiger partial charge in [0.25, 0.3) is 0 Å². The Bertz CT molecular complexity index is 87.7. The van der Waals surface area contributed by atoms with Crippen molar-refractivity contribution in [3.63, 3.8) is 0 Å². The molecule has 6 heavy (non-hydrogen) atoms. The molecule has 0 saturated carbocycles. The predicted molar refractivity (Wildman–Crippen MR) is 27.5 cm³/mol. The second-order valence-corrected chi connectivity index (χ2v) is 0.664. The van der Waals surface area contributed by atoms with Crippen molar-refractivity contribution >= 4 is 12.6 Å². The Morgan fingerprint density at radius 3 is 2.67 bits per heavy atom. The van der Waals surface area contributed by atoms with Crippen LogP contribution < -0.4 is 0 Å². The van der Waals surface area contributed by atoms with E-state index in [0.29, 0.717) is 0 Å². The van der Waals surface area contributed by atoms with E-state index in [2.05, 4.69) is 22.6 Å². The minimum absolute atomic E-state index is 1.40. The summed E-state index contributed by atoms with van der Waals surface area (Å²) in [5.74, 6) is 2.47. The van der Waals surface area contributed by atoms with Gasteiger partial charge in [0.15, 0.2) is 0 Å². The van der Waals surface area contributed by atoms with E-state index >= 15 is 0 Å². The van der Waals surface area contributed by atoms with Crippen molar-refractivity contribution in [1.29, 1.82) is 0 Å². The van der Waals surface area contributed by atoms with Gasteiger partial charge < -0.3 is 0 Å². The smallest absolute Gasteiger partial charge is 0.0869 e. The van der Waals surface area contributed by atoms with Crippen molar-refractivity contribution in [3.8, 4) is 0 Å². The maximum Gasteiger partial charge on any atom is 0.0869 e. The summed E-state index contributed by atoms with van der Waals surface area (Å²) in [6.45, 7) is 3.17. The molecule has 0 spiro atoms. The Hall–Kier alpha value is -0.880. The first-order valence-corrected chi connectivity index (χ1v) is 1.53. The van der Waals surface area contributed by atoms with Gasteiger partial charge in [0.05, 0.1) is 6.20 Å². The third-order valence-electron chi connectivity index (χ3n) is 0.278. The lowest BCUT2D eigenvalue weighted by molar-refractivity contribution is 1.47. The molecule has 0 atom stereocenters. The maximum atomic E-state index is 3.49.